The van der Waals surface area contributed by atoms with E-state index in [1.165, 1.54) is 6.07 Å². The van der Waals surface area contributed by atoms with Gasteiger partial charge >= 0.3 is 0 Å². The number of unbranched alkanes of at least 4 members (excludes halogenated alkanes) is 1. The number of rotatable bonds is 7. The molecule has 1 aromatic carbocycles. The molecule has 0 aliphatic heterocycles. The fourth-order valence-corrected chi connectivity index (χ4v) is 1.75. The molecule has 0 aromatic heterocycles. The number of halogens is 1. The topological polar surface area (TPSA) is 35.8 Å². The monoisotopic (exact) mass is 248 g/mol. The Morgan fingerprint density at radius 3 is 2.78 bits per heavy atom. The van der Waals surface area contributed by atoms with Gasteiger partial charge in [0.15, 0.2) is 0 Å². The number of benzene rings is 1. The lowest BCUT2D eigenvalue weighted by Crippen LogP contribution is -2.16. The third kappa shape index (κ3) is 5.79. The van der Waals surface area contributed by atoms with E-state index in [0.717, 1.165) is 31.4 Å². The van der Waals surface area contributed by atoms with Crippen LogP contribution in [-0.4, -0.2) is 6.54 Å². The zero-order valence-corrected chi connectivity index (χ0v) is 11.2. The van der Waals surface area contributed by atoms with Crippen molar-refractivity contribution < 1.29 is 4.39 Å². The van der Waals surface area contributed by atoms with E-state index in [4.69, 9.17) is 5.26 Å². The van der Waals surface area contributed by atoms with Crippen LogP contribution in [0.25, 0.3) is 0 Å². The van der Waals surface area contributed by atoms with Crippen molar-refractivity contribution in [1.29, 1.82) is 5.26 Å². The molecule has 0 amide bonds. The first-order valence-electron chi connectivity index (χ1n) is 6.40. The Morgan fingerprint density at radius 1 is 1.33 bits per heavy atom. The van der Waals surface area contributed by atoms with Gasteiger partial charge < -0.3 is 5.32 Å². The molecule has 0 atom stereocenters. The van der Waals surface area contributed by atoms with Crippen LogP contribution in [0, 0.1) is 22.6 Å². The molecule has 0 aliphatic rings. The Bertz CT molecular complexity index is 407. The molecular formula is C15H21FN2. The predicted octanol–water partition coefficient (Wildman–Crippen LogP) is 3.64. The normalized spacial score (nSPS) is 11.2. The van der Waals surface area contributed by atoms with Gasteiger partial charge in [0.2, 0.25) is 0 Å². The first-order valence-corrected chi connectivity index (χ1v) is 6.40. The number of hydrogen-bond donors (Lipinski definition) is 1. The number of nitrogens with one attached hydrogen (secondary N) is 1. The van der Waals surface area contributed by atoms with E-state index in [0.29, 0.717) is 6.54 Å². The van der Waals surface area contributed by atoms with Crippen molar-refractivity contribution in [2.75, 3.05) is 6.54 Å². The molecule has 18 heavy (non-hydrogen) atoms. The fourth-order valence-electron chi connectivity index (χ4n) is 1.75. The summed E-state index contributed by atoms with van der Waals surface area (Å²) in [4.78, 5) is 0. The molecule has 0 bridgehead atoms. The highest BCUT2D eigenvalue weighted by Gasteiger charge is 2.15. The van der Waals surface area contributed by atoms with Gasteiger partial charge in [0.05, 0.1) is 11.5 Å². The molecule has 0 saturated carbocycles. The Morgan fingerprint density at radius 2 is 2.11 bits per heavy atom. The molecule has 0 spiro atoms. The Labute approximate surface area is 109 Å². The summed E-state index contributed by atoms with van der Waals surface area (Å²) in [5.41, 5.74) is 0.745. The molecule has 0 heterocycles. The molecule has 3 heteroatoms. The van der Waals surface area contributed by atoms with Crippen molar-refractivity contribution in [3.05, 3.63) is 35.6 Å². The van der Waals surface area contributed by atoms with Gasteiger partial charge in [0.1, 0.15) is 5.82 Å². The molecule has 0 aliphatic carbocycles. The molecule has 2 nitrogen and oxygen atoms in total. The van der Waals surface area contributed by atoms with Crippen molar-refractivity contribution in [1.82, 2.24) is 5.32 Å². The summed E-state index contributed by atoms with van der Waals surface area (Å²) in [5, 5.41) is 12.2. The van der Waals surface area contributed by atoms with Crippen molar-refractivity contribution >= 4 is 0 Å². The van der Waals surface area contributed by atoms with Crippen LogP contribution in [0.15, 0.2) is 24.3 Å². The summed E-state index contributed by atoms with van der Waals surface area (Å²) in [7, 11) is 0. The van der Waals surface area contributed by atoms with Gasteiger partial charge in [-0.15, -0.1) is 0 Å². The van der Waals surface area contributed by atoms with Crippen LogP contribution in [0.3, 0.4) is 0 Å². The fraction of sp³-hybridized carbons (Fsp3) is 0.533. The lowest BCUT2D eigenvalue weighted by Gasteiger charge is -2.14. The maximum atomic E-state index is 12.9. The molecular weight excluding hydrogens is 227 g/mol. The minimum Gasteiger partial charge on any atom is -0.313 e. The quantitative estimate of drug-likeness (QED) is 0.748. The van der Waals surface area contributed by atoms with Gasteiger partial charge in [0, 0.05) is 6.54 Å². The van der Waals surface area contributed by atoms with E-state index < -0.39 is 0 Å². The molecule has 0 fully saturated rings. The average molecular weight is 248 g/mol. The summed E-state index contributed by atoms with van der Waals surface area (Å²) in [6.45, 7) is 5.53. The molecule has 0 saturated heterocycles. The third-order valence-electron chi connectivity index (χ3n) is 2.93. The molecule has 0 unspecified atom stereocenters. The van der Waals surface area contributed by atoms with Gasteiger partial charge in [-0.3, -0.25) is 0 Å². The van der Waals surface area contributed by atoms with Crippen LogP contribution in [-0.2, 0) is 6.54 Å². The highest BCUT2D eigenvalue weighted by atomic mass is 19.1. The molecule has 1 aromatic rings. The summed E-state index contributed by atoms with van der Waals surface area (Å²) >= 11 is 0. The maximum Gasteiger partial charge on any atom is 0.123 e. The van der Waals surface area contributed by atoms with Crippen LogP contribution >= 0.6 is 0 Å². The van der Waals surface area contributed by atoms with E-state index in [-0.39, 0.29) is 11.2 Å². The van der Waals surface area contributed by atoms with Gasteiger partial charge in [-0.05, 0) is 50.9 Å². The first-order chi connectivity index (χ1) is 8.53. The van der Waals surface area contributed by atoms with Crippen molar-refractivity contribution in [2.24, 2.45) is 5.41 Å². The smallest absolute Gasteiger partial charge is 0.123 e. The summed E-state index contributed by atoms with van der Waals surface area (Å²) in [5.74, 6) is -0.190. The molecule has 98 valence electrons. The number of nitrogens with zero attached hydrogens (tertiary/aromatic N) is 1. The van der Waals surface area contributed by atoms with E-state index in [2.05, 4.69) is 11.4 Å². The van der Waals surface area contributed by atoms with Crippen LogP contribution in [0.2, 0.25) is 0 Å². The second-order valence-corrected chi connectivity index (χ2v) is 5.26. The second kappa shape index (κ2) is 7.13. The Kier molecular flexibility index (Phi) is 5.80. The highest BCUT2D eigenvalue weighted by molar-refractivity contribution is 5.15. The minimum absolute atomic E-state index is 0.190. The molecule has 1 rings (SSSR count). The summed E-state index contributed by atoms with van der Waals surface area (Å²) in [6.07, 6.45) is 3.00. The Balaban J connectivity index is 2.11. The first kappa shape index (κ1) is 14.7. The highest BCUT2D eigenvalue weighted by Crippen LogP contribution is 2.21. The number of nitriles is 1. The number of hydrogen-bond acceptors (Lipinski definition) is 2. The van der Waals surface area contributed by atoms with Crippen LogP contribution in [0.5, 0.6) is 0 Å². The summed E-state index contributed by atoms with van der Waals surface area (Å²) in [6, 6.07) is 8.94. The van der Waals surface area contributed by atoms with Crippen molar-refractivity contribution in [2.45, 2.75) is 39.7 Å². The van der Waals surface area contributed by atoms with E-state index in [9.17, 15) is 4.39 Å². The van der Waals surface area contributed by atoms with E-state index >= 15 is 0 Å². The van der Waals surface area contributed by atoms with Crippen LogP contribution in [0.1, 0.15) is 38.7 Å². The van der Waals surface area contributed by atoms with Crippen molar-refractivity contribution in [3.8, 4) is 6.07 Å². The van der Waals surface area contributed by atoms with E-state index in [1.807, 2.05) is 19.9 Å². The second-order valence-electron chi connectivity index (χ2n) is 5.26. The minimum atomic E-state index is -0.220. The standard InChI is InChI=1S/C15H21FN2/c1-15(2,12-17)8-3-4-9-18-11-13-6-5-7-14(16)10-13/h5-7,10,18H,3-4,8-9,11H2,1-2H3. The van der Waals surface area contributed by atoms with E-state index in [1.54, 1.807) is 12.1 Å². The SMILES string of the molecule is CC(C)(C#N)CCCCNCc1cccc(F)c1. The average Bonchev–Trinajstić information content (AvgIpc) is 2.34. The molecule has 0 radical (unpaired) electrons. The molecule has 1 N–H and O–H groups in total. The zero-order valence-electron chi connectivity index (χ0n) is 11.2. The summed E-state index contributed by atoms with van der Waals surface area (Å²) < 4.78 is 12.9. The van der Waals surface area contributed by atoms with Crippen molar-refractivity contribution in [3.63, 3.8) is 0 Å². The Hall–Kier alpha value is -1.40. The largest absolute Gasteiger partial charge is 0.313 e. The van der Waals surface area contributed by atoms with Gasteiger partial charge in [-0.2, -0.15) is 5.26 Å². The maximum absolute atomic E-state index is 12.9. The van der Waals surface area contributed by atoms with Gasteiger partial charge in [0.25, 0.3) is 0 Å². The predicted molar refractivity (Wildman–Crippen MR) is 71.4 cm³/mol. The lowest BCUT2D eigenvalue weighted by molar-refractivity contribution is 0.422. The zero-order chi connectivity index (χ0) is 13.4. The van der Waals surface area contributed by atoms with Gasteiger partial charge in [-0.25, -0.2) is 4.39 Å². The van der Waals surface area contributed by atoms with Crippen LogP contribution in [0.4, 0.5) is 4.39 Å². The van der Waals surface area contributed by atoms with Crippen LogP contribution < -0.4 is 5.32 Å². The van der Waals surface area contributed by atoms with Gasteiger partial charge in [-0.1, -0.05) is 18.6 Å². The third-order valence-corrected chi connectivity index (χ3v) is 2.93. The lowest BCUT2D eigenvalue weighted by atomic mass is 9.89.